The van der Waals surface area contributed by atoms with Crippen LogP contribution in [0.25, 0.3) is 22.0 Å². The van der Waals surface area contributed by atoms with Crippen LogP contribution < -0.4 is 4.74 Å². The van der Waals surface area contributed by atoms with Crippen LogP contribution in [0, 0.1) is 27.7 Å². The lowest BCUT2D eigenvalue weighted by molar-refractivity contribution is -0.0799. The van der Waals surface area contributed by atoms with E-state index in [0.29, 0.717) is 23.7 Å². The molecule has 2 heterocycles. The number of benzene rings is 2. The van der Waals surface area contributed by atoms with Gasteiger partial charge in [0.2, 0.25) is 0 Å². The van der Waals surface area contributed by atoms with Gasteiger partial charge in [-0.1, -0.05) is 29.3 Å². The fourth-order valence-electron chi connectivity index (χ4n) is 4.72. The summed E-state index contributed by atoms with van der Waals surface area (Å²) in [6.07, 6.45) is 0.357. The first-order valence-corrected chi connectivity index (χ1v) is 12.3. The van der Waals surface area contributed by atoms with Crippen LogP contribution in [0.5, 0.6) is 5.75 Å². The Labute approximate surface area is 215 Å². The molecule has 35 heavy (non-hydrogen) atoms. The number of aliphatic hydroxyl groups is 1. The molecule has 8 heteroatoms. The van der Waals surface area contributed by atoms with Crippen molar-refractivity contribution in [3.8, 4) is 16.9 Å². The van der Waals surface area contributed by atoms with Crippen molar-refractivity contribution in [2.24, 2.45) is 7.05 Å². The lowest BCUT2D eigenvalue weighted by Crippen LogP contribution is -2.05. The van der Waals surface area contributed by atoms with E-state index in [1.165, 1.54) is 7.11 Å². The van der Waals surface area contributed by atoms with Gasteiger partial charge in [-0.2, -0.15) is 5.10 Å². The normalized spacial score (nSPS) is 12.5. The maximum Gasteiger partial charge on any atom is 0.196 e. The van der Waals surface area contributed by atoms with Gasteiger partial charge >= 0.3 is 0 Å². The van der Waals surface area contributed by atoms with E-state index in [0.717, 1.165) is 67.3 Å². The van der Waals surface area contributed by atoms with Gasteiger partial charge in [0.25, 0.3) is 0 Å². The standard InChI is InChI=1S/C27H31Cl2N3O3/c1-14-12-18(13-15(2)24(14)29)35-11-7-8-19-20-9-10-21(28)23(22-16(3)31-32(5)17(22)4)25(20)30-26(19)27(33)34-6/h9-10,12-13,27,30,33H,7-8,11H2,1-6H3. The predicted octanol–water partition coefficient (Wildman–Crippen LogP) is 6.76. The average molecular weight is 516 g/mol. The van der Waals surface area contributed by atoms with Crippen LogP contribution in [0.1, 0.15) is 46.5 Å². The van der Waals surface area contributed by atoms with Gasteiger partial charge in [0.1, 0.15) is 5.75 Å². The first kappa shape index (κ1) is 25.6. The van der Waals surface area contributed by atoms with Crippen LogP contribution in [-0.4, -0.2) is 33.6 Å². The summed E-state index contributed by atoms with van der Waals surface area (Å²) in [5.74, 6) is 0.803. The molecular weight excluding hydrogens is 485 g/mol. The van der Waals surface area contributed by atoms with E-state index in [1.807, 2.05) is 63.7 Å². The molecule has 0 aliphatic carbocycles. The number of nitrogens with zero attached hydrogens (tertiary/aromatic N) is 2. The molecule has 4 rings (SSSR count). The number of halogens is 2. The minimum Gasteiger partial charge on any atom is -0.494 e. The number of ether oxygens (including phenoxy) is 2. The highest BCUT2D eigenvalue weighted by atomic mass is 35.5. The van der Waals surface area contributed by atoms with Gasteiger partial charge in [-0.25, -0.2) is 0 Å². The Morgan fingerprint density at radius 3 is 2.37 bits per heavy atom. The molecule has 0 aliphatic rings. The third kappa shape index (κ3) is 4.81. The molecule has 0 saturated heterocycles. The minimum absolute atomic E-state index is 0.525. The lowest BCUT2D eigenvalue weighted by atomic mass is 9.98. The number of aromatic nitrogens is 3. The van der Waals surface area contributed by atoms with Gasteiger partial charge in [0, 0.05) is 41.4 Å². The number of fused-ring (bicyclic) bond motifs is 1. The van der Waals surface area contributed by atoms with Crippen molar-refractivity contribution in [1.29, 1.82) is 0 Å². The number of aromatic amines is 1. The molecule has 0 radical (unpaired) electrons. The third-order valence-corrected chi connectivity index (χ3v) is 7.45. The number of aliphatic hydroxyl groups excluding tert-OH is 1. The van der Waals surface area contributed by atoms with E-state index in [4.69, 9.17) is 32.7 Å². The molecule has 2 aromatic heterocycles. The zero-order chi connectivity index (χ0) is 25.4. The number of methoxy groups -OCH3 is 1. The zero-order valence-electron chi connectivity index (χ0n) is 20.9. The van der Waals surface area contributed by atoms with Crippen molar-refractivity contribution >= 4 is 34.1 Å². The Hall–Kier alpha value is -2.51. The molecule has 0 bridgehead atoms. The van der Waals surface area contributed by atoms with Gasteiger partial charge in [-0.3, -0.25) is 4.68 Å². The quantitative estimate of drug-likeness (QED) is 0.201. The summed E-state index contributed by atoms with van der Waals surface area (Å²) in [6, 6.07) is 7.80. The van der Waals surface area contributed by atoms with Crippen LogP contribution in [-0.2, 0) is 18.2 Å². The number of hydrogen-bond donors (Lipinski definition) is 2. The lowest BCUT2D eigenvalue weighted by Gasteiger charge is -2.12. The second-order valence-corrected chi connectivity index (χ2v) is 9.73. The van der Waals surface area contributed by atoms with E-state index in [1.54, 1.807) is 0 Å². The van der Waals surface area contributed by atoms with E-state index in [2.05, 4.69) is 10.1 Å². The molecule has 186 valence electrons. The molecule has 0 aliphatic heterocycles. The van der Waals surface area contributed by atoms with E-state index >= 15 is 0 Å². The monoisotopic (exact) mass is 515 g/mol. The van der Waals surface area contributed by atoms with E-state index in [9.17, 15) is 5.11 Å². The van der Waals surface area contributed by atoms with Crippen molar-refractivity contribution in [1.82, 2.24) is 14.8 Å². The van der Waals surface area contributed by atoms with Gasteiger partial charge < -0.3 is 19.6 Å². The summed E-state index contributed by atoms with van der Waals surface area (Å²) in [6.45, 7) is 8.47. The fraction of sp³-hybridized carbons (Fsp3) is 0.370. The molecule has 4 aromatic rings. The highest BCUT2D eigenvalue weighted by Gasteiger charge is 2.24. The summed E-state index contributed by atoms with van der Waals surface area (Å²) in [5.41, 5.74) is 8.25. The fourth-order valence-corrected chi connectivity index (χ4v) is 5.08. The molecule has 0 spiro atoms. The maximum atomic E-state index is 10.6. The Bertz CT molecular complexity index is 1370. The highest BCUT2D eigenvalue weighted by molar-refractivity contribution is 6.35. The number of nitrogens with one attached hydrogen (secondary N) is 1. The topological polar surface area (TPSA) is 72.3 Å². The minimum atomic E-state index is -1.08. The van der Waals surface area contributed by atoms with Crippen molar-refractivity contribution in [2.75, 3.05) is 13.7 Å². The number of rotatable bonds is 8. The predicted molar refractivity (Wildman–Crippen MR) is 142 cm³/mol. The summed E-state index contributed by atoms with van der Waals surface area (Å²) >= 11 is 13.0. The first-order chi connectivity index (χ1) is 16.6. The number of aryl methyl sites for hydroxylation is 5. The Balaban J connectivity index is 1.68. The summed E-state index contributed by atoms with van der Waals surface area (Å²) in [5, 5.41) is 17.6. The van der Waals surface area contributed by atoms with Crippen LogP contribution >= 0.6 is 23.2 Å². The summed E-state index contributed by atoms with van der Waals surface area (Å²) in [7, 11) is 3.40. The second-order valence-electron chi connectivity index (χ2n) is 8.94. The maximum absolute atomic E-state index is 10.6. The number of H-pyrrole nitrogens is 1. The van der Waals surface area contributed by atoms with Gasteiger partial charge in [-0.05, 0) is 75.4 Å². The molecule has 2 N–H and O–H groups in total. The highest BCUT2D eigenvalue weighted by Crippen LogP contribution is 2.41. The van der Waals surface area contributed by atoms with Crippen LogP contribution in [0.4, 0.5) is 0 Å². The van der Waals surface area contributed by atoms with Gasteiger partial charge in [0.05, 0.1) is 28.5 Å². The van der Waals surface area contributed by atoms with Crippen LogP contribution in [0.2, 0.25) is 10.0 Å². The summed E-state index contributed by atoms with van der Waals surface area (Å²) < 4.78 is 13.1. The zero-order valence-corrected chi connectivity index (χ0v) is 22.4. The van der Waals surface area contributed by atoms with Gasteiger partial charge in [-0.15, -0.1) is 0 Å². The summed E-state index contributed by atoms with van der Waals surface area (Å²) in [4.78, 5) is 3.41. The van der Waals surface area contributed by atoms with Crippen molar-refractivity contribution in [3.63, 3.8) is 0 Å². The average Bonchev–Trinajstić information content (AvgIpc) is 3.31. The van der Waals surface area contributed by atoms with Crippen LogP contribution in [0.3, 0.4) is 0 Å². The Kier molecular flexibility index (Phi) is 7.48. The van der Waals surface area contributed by atoms with E-state index < -0.39 is 6.29 Å². The van der Waals surface area contributed by atoms with Crippen LogP contribution in [0.15, 0.2) is 24.3 Å². The largest absolute Gasteiger partial charge is 0.494 e. The smallest absolute Gasteiger partial charge is 0.196 e. The first-order valence-electron chi connectivity index (χ1n) is 11.6. The molecule has 0 fully saturated rings. The van der Waals surface area contributed by atoms with E-state index in [-0.39, 0.29) is 0 Å². The molecular formula is C27H31Cl2N3O3. The Morgan fingerprint density at radius 1 is 1.09 bits per heavy atom. The molecule has 0 saturated carbocycles. The SMILES string of the molecule is COC(O)c1[nH]c2c(-c3c(C)nn(C)c3C)c(Cl)ccc2c1CCCOc1cc(C)c(Cl)c(C)c1. The Morgan fingerprint density at radius 2 is 1.77 bits per heavy atom. The van der Waals surface area contributed by atoms with Crippen molar-refractivity contribution < 1.29 is 14.6 Å². The third-order valence-electron chi connectivity index (χ3n) is 6.54. The van der Waals surface area contributed by atoms with Crippen molar-refractivity contribution in [2.45, 2.75) is 46.8 Å². The van der Waals surface area contributed by atoms with Crippen molar-refractivity contribution in [3.05, 3.63) is 68.1 Å². The molecule has 1 unspecified atom stereocenters. The molecule has 0 amide bonds. The molecule has 2 aromatic carbocycles. The molecule has 6 nitrogen and oxygen atoms in total. The molecule has 1 atom stereocenters. The second kappa shape index (κ2) is 10.2. The number of hydrogen-bond acceptors (Lipinski definition) is 4. The van der Waals surface area contributed by atoms with Gasteiger partial charge in [0.15, 0.2) is 6.29 Å².